The molecule has 1 aromatic heterocycles. The molecule has 3 aromatic carbocycles. The van der Waals surface area contributed by atoms with Gasteiger partial charge in [0, 0.05) is 51.0 Å². The summed E-state index contributed by atoms with van der Waals surface area (Å²) in [6.07, 6.45) is 10.2. The Balaban J connectivity index is 1.27. The third-order valence-corrected chi connectivity index (χ3v) is 6.63. The Bertz CT molecular complexity index is 1720. The Morgan fingerprint density at radius 3 is 2.45 bits per heavy atom. The van der Waals surface area contributed by atoms with Gasteiger partial charge in [-0.3, -0.25) is 14.6 Å². The van der Waals surface area contributed by atoms with Crippen molar-refractivity contribution in [3.63, 3.8) is 0 Å². The van der Waals surface area contributed by atoms with Crippen molar-refractivity contribution in [2.45, 2.75) is 6.92 Å². The lowest BCUT2D eigenvalue weighted by molar-refractivity contribution is -0.112. The van der Waals surface area contributed by atoms with Crippen LogP contribution in [0.5, 0.6) is 5.75 Å². The summed E-state index contributed by atoms with van der Waals surface area (Å²) in [5.41, 5.74) is 5.89. The molecule has 0 bridgehead atoms. The number of methoxy groups -OCH3 is 1. The second kappa shape index (κ2) is 11.8. The monoisotopic (exact) mass is 547 g/mol. The number of nitrogens with one attached hydrogen (secondary N) is 2. The summed E-state index contributed by atoms with van der Waals surface area (Å²) in [4.78, 5) is 29.7. The van der Waals surface area contributed by atoms with Crippen LogP contribution >= 0.6 is 11.6 Å². The largest absolute Gasteiger partial charge is 0.497 e. The Morgan fingerprint density at radius 1 is 0.950 bits per heavy atom. The van der Waals surface area contributed by atoms with Gasteiger partial charge >= 0.3 is 0 Å². The van der Waals surface area contributed by atoms with Crippen LogP contribution in [0, 0.1) is 0 Å². The number of fused-ring (bicyclic) bond motifs is 1. The highest BCUT2D eigenvalue weighted by molar-refractivity contribution is 6.31. The quantitative estimate of drug-likeness (QED) is 0.173. The molecule has 4 aromatic rings. The number of rotatable bonds is 8. The van der Waals surface area contributed by atoms with E-state index in [1.165, 1.54) is 6.08 Å². The van der Waals surface area contributed by atoms with Gasteiger partial charge in [-0.15, -0.1) is 0 Å². The van der Waals surface area contributed by atoms with Crippen molar-refractivity contribution < 1.29 is 14.3 Å². The molecule has 40 heavy (non-hydrogen) atoms. The molecule has 0 atom stereocenters. The molecule has 0 fully saturated rings. The number of nitrogens with zero attached hydrogens (tertiary/aromatic N) is 1. The molecule has 1 aliphatic rings. The minimum Gasteiger partial charge on any atom is -0.497 e. The normalized spacial score (nSPS) is 14.3. The number of ketones is 2. The molecule has 0 spiro atoms. The highest BCUT2D eigenvalue weighted by atomic mass is 35.5. The zero-order valence-corrected chi connectivity index (χ0v) is 22.7. The first-order valence-electron chi connectivity index (χ1n) is 12.6. The van der Waals surface area contributed by atoms with E-state index >= 15 is 0 Å². The molecule has 0 saturated heterocycles. The van der Waals surface area contributed by atoms with Crippen LogP contribution in [0.3, 0.4) is 0 Å². The van der Waals surface area contributed by atoms with E-state index in [0.29, 0.717) is 27.5 Å². The average molecular weight is 548 g/mol. The number of halogens is 1. The van der Waals surface area contributed by atoms with Crippen LogP contribution in [0.25, 0.3) is 10.9 Å². The number of carbonyl (C=O) groups is 2. The molecule has 0 radical (unpaired) electrons. The number of hydrogen-bond donors (Lipinski definition) is 2. The SMILES string of the molecule is COc1ccc(C(=O)/C=C/C2=CC(=C\Nc3ccc(Nc4ccnc5cc(Cl)ccc45)cc3)/C(=O)C(C)=C2)cc1. The molecule has 2 N–H and O–H groups in total. The van der Waals surface area contributed by atoms with Crippen molar-refractivity contribution in [1.82, 2.24) is 4.98 Å². The third kappa shape index (κ3) is 6.20. The Hall–Kier alpha value is -4.94. The zero-order valence-electron chi connectivity index (χ0n) is 21.9. The fourth-order valence-electron chi connectivity index (χ4n) is 4.25. The van der Waals surface area contributed by atoms with Crippen LogP contribution in [0.2, 0.25) is 5.02 Å². The number of ether oxygens (including phenoxy) is 1. The minimum atomic E-state index is -0.132. The number of Topliss-reactive ketones (excluding diaryl/α,β-unsaturated/α-hetero) is 1. The van der Waals surface area contributed by atoms with E-state index in [1.807, 2.05) is 48.5 Å². The van der Waals surface area contributed by atoms with Gasteiger partial charge in [0.2, 0.25) is 0 Å². The molecule has 5 rings (SSSR count). The van der Waals surface area contributed by atoms with E-state index in [1.54, 1.807) is 68.9 Å². The Labute approximate surface area is 237 Å². The summed E-state index contributed by atoms with van der Waals surface area (Å²) in [6, 6.07) is 22.2. The van der Waals surface area contributed by atoms with Crippen LogP contribution in [0.15, 0.2) is 126 Å². The summed E-state index contributed by atoms with van der Waals surface area (Å²) in [5.74, 6) is 0.482. The first kappa shape index (κ1) is 26.7. The topological polar surface area (TPSA) is 80.3 Å². The zero-order chi connectivity index (χ0) is 28.1. The summed E-state index contributed by atoms with van der Waals surface area (Å²) in [6.45, 7) is 1.76. The minimum absolute atomic E-state index is 0.0749. The lowest BCUT2D eigenvalue weighted by Crippen LogP contribution is -2.09. The second-order valence-corrected chi connectivity index (χ2v) is 9.63. The fourth-order valence-corrected chi connectivity index (χ4v) is 4.42. The number of pyridine rings is 1. The highest BCUT2D eigenvalue weighted by Gasteiger charge is 2.15. The van der Waals surface area contributed by atoms with Crippen molar-refractivity contribution in [2.75, 3.05) is 17.7 Å². The highest BCUT2D eigenvalue weighted by Crippen LogP contribution is 2.28. The summed E-state index contributed by atoms with van der Waals surface area (Å²) < 4.78 is 5.14. The lowest BCUT2D eigenvalue weighted by atomic mass is 9.94. The number of carbonyl (C=O) groups excluding carboxylic acids is 2. The van der Waals surface area contributed by atoms with Gasteiger partial charge in [-0.1, -0.05) is 17.7 Å². The molecule has 1 aliphatic carbocycles. The molecule has 0 saturated carbocycles. The average Bonchev–Trinajstić information content (AvgIpc) is 2.97. The maximum absolute atomic E-state index is 12.8. The number of allylic oxidation sites excluding steroid dienone is 7. The molecule has 0 unspecified atom stereocenters. The Kier molecular flexibility index (Phi) is 7.89. The first-order valence-corrected chi connectivity index (χ1v) is 13.0. The smallest absolute Gasteiger partial charge is 0.190 e. The Morgan fingerprint density at radius 2 is 1.70 bits per heavy atom. The molecule has 198 valence electrons. The van der Waals surface area contributed by atoms with Crippen LogP contribution in [-0.2, 0) is 4.79 Å². The maximum Gasteiger partial charge on any atom is 0.190 e. The van der Waals surface area contributed by atoms with Gasteiger partial charge < -0.3 is 15.4 Å². The van der Waals surface area contributed by atoms with E-state index in [0.717, 1.165) is 33.5 Å². The summed E-state index contributed by atoms with van der Waals surface area (Å²) in [7, 11) is 1.58. The van der Waals surface area contributed by atoms with Gasteiger partial charge in [-0.05, 0) is 109 Å². The van der Waals surface area contributed by atoms with Gasteiger partial charge in [0.05, 0.1) is 12.6 Å². The third-order valence-electron chi connectivity index (χ3n) is 6.39. The standard InChI is InChI=1S/C33H26ClN3O3/c1-21-17-22(3-14-32(38)23-4-11-28(40-2)12-5-23)18-24(33(21)39)20-36-26-7-9-27(10-8-26)37-30-15-16-35-31-19-25(34)6-13-29(30)31/h3-20,36H,1-2H3,(H,35,37)/b14-3+,24-20+. The van der Waals surface area contributed by atoms with E-state index < -0.39 is 0 Å². The van der Waals surface area contributed by atoms with E-state index in [4.69, 9.17) is 16.3 Å². The first-order chi connectivity index (χ1) is 19.4. The van der Waals surface area contributed by atoms with Crippen LogP contribution in [-0.4, -0.2) is 23.7 Å². The lowest BCUT2D eigenvalue weighted by Gasteiger charge is -2.12. The van der Waals surface area contributed by atoms with Crippen LogP contribution < -0.4 is 15.4 Å². The summed E-state index contributed by atoms with van der Waals surface area (Å²) >= 11 is 6.10. The summed E-state index contributed by atoms with van der Waals surface area (Å²) in [5, 5.41) is 8.24. The number of aromatic nitrogens is 1. The molecule has 0 aliphatic heterocycles. The van der Waals surface area contributed by atoms with Gasteiger partial charge in [0.15, 0.2) is 11.6 Å². The van der Waals surface area contributed by atoms with Crippen molar-refractivity contribution in [3.05, 3.63) is 137 Å². The van der Waals surface area contributed by atoms with Crippen LogP contribution in [0.4, 0.5) is 17.1 Å². The van der Waals surface area contributed by atoms with Crippen molar-refractivity contribution in [3.8, 4) is 5.75 Å². The van der Waals surface area contributed by atoms with Crippen molar-refractivity contribution >= 4 is 51.1 Å². The fraction of sp³-hybridized carbons (Fsp3) is 0.0606. The molecular weight excluding hydrogens is 522 g/mol. The molecule has 1 heterocycles. The van der Waals surface area contributed by atoms with Gasteiger partial charge in [0.25, 0.3) is 0 Å². The number of hydrogen-bond acceptors (Lipinski definition) is 6. The number of anilines is 3. The molecule has 6 nitrogen and oxygen atoms in total. The number of benzene rings is 3. The molecular formula is C33H26ClN3O3. The van der Waals surface area contributed by atoms with E-state index in [9.17, 15) is 9.59 Å². The maximum atomic E-state index is 12.8. The van der Waals surface area contributed by atoms with Gasteiger partial charge in [0.1, 0.15) is 5.75 Å². The predicted molar refractivity (Wildman–Crippen MR) is 161 cm³/mol. The van der Waals surface area contributed by atoms with Gasteiger partial charge in [-0.2, -0.15) is 0 Å². The van der Waals surface area contributed by atoms with Crippen molar-refractivity contribution in [2.24, 2.45) is 0 Å². The van der Waals surface area contributed by atoms with Crippen molar-refractivity contribution in [1.29, 1.82) is 0 Å². The van der Waals surface area contributed by atoms with E-state index in [2.05, 4.69) is 15.6 Å². The van der Waals surface area contributed by atoms with Crippen LogP contribution in [0.1, 0.15) is 17.3 Å². The van der Waals surface area contributed by atoms with Gasteiger partial charge in [-0.25, -0.2) is 0 Å². The predicted octanol–water partition coefficient (Wildman–Crippen LogP) is 7.83. The molecule has 0 amide bonds. The second-order valence-electron chi connectivity index (χ2n) is 9.19. The van der Waals surface area contributed by atoms with E-state index in [-0.39, 0.29) is 11.6 Å². The molecule has 7 heteroatoms.